The highest BCUT2D eigenvalue weighted by Gasteiger charge is 2.05. The summed E-state index contributed by atoms with van der Waals surface area (Å²) in [6.45, 7) is 0. The zero-order valence-electron chi connectivity index (χ0n) is 9.80. The summed E-state index contributed by atoms with van der Waals surface area (Å²) in [6.07, 6.45) is 1.11. The number of halogens is 1. The number of carbonyl (C=O) groups is 1. The first-order chi connectivity index (χ1) is 8.74. The lowest BCUT2D eigenvalue weighted by molar-refractivity contribution is -0.134. The van der Waals surface area contributed by atoms with Crippen LogP contribution in [0.2, 0.25) is 0 Å². The summed E-state index contributed by atoms with van der Waals surface area (Å²) >= 11 is 2.21. The number of benzene rings is 2. The molecule has 0 heterocycles. The first-order valence-electron chi connectivity index (χ1n) is 5.74. The number of hydrogen-bond acceptors (Lipinski definition) is 2. The third kappa shape index (κ3) is 4.14. The maximum Gasteiger partial charge on any atom is 0.311 e. The Morgan fingerprint density at radius 1 is 1.00 bits per heavy atom. The quantitative estimate of drug-likeness (QED) is 0.475. The Labute approximate surface area is 120 Å². The fraction of sp³-hybridized carbons (Fsp3) is 0.133. The standard InChI is InChI=1S/C15H13IO2/c16-13-7-9-14(10-8-13)18-15(17)11-6-12-4-2-1-3-5-12/h1-5,7-10H,6,11H2. The van der Waals surface area contributed by atoms with Crippen LogP contribution in [0.4, 0.5) is 0 Å². The molecule has 2 aromatic rings. The molecule has 0 atom stereocenters. The van der Waals surface area contributed by atoms with Crippen LogP contribution in [-0.4, -0.2) is 5.97 Å². The van der Waals surface area contributed by atoms with Gasteiger partial charge in [-0.3, -0.25) is 4.79 Å². The number of esters is 1. The minimum Gasteiger partial charge on any atom is -0.427 e. The van der Waals surface area contributed by atoms with Gasteiger partial charge in [0.1, 0.15) is 5.75 Å². The second kappa shape index (κ2) is 6.54. The lowest BCUT2D eigenvalue weighted by atomic mass is 10.1. The molecular formula is C15H13IO2. The van der Waals surface area contributed by atoms with Crippen LogP contribution in [0.1, 0.15) is 12.0 Å². The molecule has 0 aromatic heterocycles. The first kappa shape index (κ1) is 13.1. The van der Waals surface area contributed by atoms with Crippen LogP contribution in [0.3, 0.4) is 0 Å². The molecular weight excluding hydrogens is 339 g/mol. The summed E-state index contributed by atoms with van der Waals surface area (Å²) in [7, 11) is 0. The molecule has 0 aliphatic carbocycles. The van der Waals surface area contributed by atoms with Gasteiger partial charge in [0.15, 0.2) is 0 Å². The number of carbonyl (C=O) groups excluding carboxylic acids is 1. The molecule has 0 radical (unpaired) electrons. The molecule has 3 heteroatoms. The second-order valence-electron chi connectivity index (χ2n) is 3.91. The van der Waals surface area contributed by atoms with Crippen molar-refractivity contribution in [2.45, 2.75) is 12.8 Å². The summed E-state index contributed by atoms with van der Waals surface area (Å²) in [5.74, 6) is 0.411. The van der Waals surface area contributed by atoms with E-state index in [4.69, 9.17) is 4.74 Å². The van der Waals surface area contributed by atoms with Crippen molar-refractivity contribution in [1.29, 1.82) is 0 Å². The summed E-state index contributed by atoms with van der Waals surface area (Å²) in [5, 5.41) is 0. The van der Waals surface area contributed by atoms with Gasteiger partial charge in [-0.1, -0.05) is 30.3 Å². The maximum absolute atomic E-state index is 11.6. The predicted octanol–water partition coefficient (Wildman–Crippen LogP) is 3.83. The summed E-state index contributed by atoms with van der Waals surface area (Å²) in [6, 6.07) is 17.4. The van der Waals surface area contributed by atoms with E-state index in [9.17, 15) is 4.79 Å². The predicted molar refractivity (Wildman–Crippen MR) is 79.6 cm³/mol. The molecule has 0 unspecified atom stereocenters. The van der Waals surface area contributed by atoms with E-state index in [1.165, 1.54) is 0 Å². The van der Waals surface area contributed by atoms with Gasteiger partial charge >= 0.3 is 5.97 Å². The van der Waals surface area contributed by atoms with Gasteiger partial charge in [0, 0.05) is 9.99 Å². The van der Waals surface area contributed by atoms with Crippen molar-refractivity contribution in [1.82, 2.24) is 0 Å². The second-order valence-corrected chi connectivity index (χ2v) is 5.16. The molecule has 0 fully saturated rings. The van der Waals surface area contributed by atoms with Crippen LogP contribution in [0, 0.1) is 3.57 Å². The van der Waals surface area contributed by atoms with E-state index in [0.717, 1.165) is 9.13 Å². The SMILES string of the molecule is O=C(CCc1ccccc1)Oc1ccc(I)cc1. The van der Waals surface area contributed by atoms with E-state index >= 15 is 0 Å². The smallest absolute Gasteiger partial charge is 0.311 e. The molecule has 0 saturated carbocycles. The maximum atomic E-state index is 11.6. The Balaban J connectivity index is 1.84. The summed E-state index contributed by atoms with van der Waals surface area (Å²) in [4.78, 5) is 11.6. The third-order valence-electron chi connectivity index (χ3n) is 2.51. The van der Waals surface area contributed by atoms with E-state index in [-0.39, 0.29) is 5.97 Å². The molecule has 0 N–H and O–H groups in total. The molecule has 18 heavy (non-hydrogen) atoms. The molecule has 92 valence electrons. The minimum absolute atomic E-state index is 0.194. The van der Waals surface area contributed by atoms with E-state index in [2.05, 4.69) is 22.6 Å². The summed E-state index contributed by atoms with van der Waals surface area (Å²) < 4.78 is 6.37. The Bertz CT molecular complexity index is 506. The number of ether oxygens (including phenoxy) is 1. The Morgan fingerprint density at radius 2 is 1.67 bits per heavy atom. The van der Waals surface area contributed by atoms with Crippen molar-refractivity contribution in [2.75, 3.05) is 0 Å². The highest BCUT2D eigenvalue weighted by atomic mass is 127. The van der Waals surface area contributed by atoms with E-state index in [0.29, 0.717) is 18.6 Å². The zero-order chi connectivity index (χ0) is 12.8. The summed E-state index contributed by atoms with van der Waals surface area (Å²) in [5.41, 5.74) is 1.15. The van der Waals surface area contributed by atoms with Crippen molar-refractivity contribution in [3.8, 4) is 5.75 Å². The van der Waals surface area contributed by atoms with Gasteiger partial charge in [-0.15, -0.1) is 0 Å². The van der Waals surface area contributed by atoms with Crippen LogP contribution in [-0.2, 0) is 11.2 Å². The normalized spacial score (nSPS) is 10.1. The van der Waals surface area contributed by atoms with Crippen molar-refractivity contribution in [3.63, 3.8) is 0 Å². The molecule has 0 amide bonds. The van der Waals surface area contributed by atoms with E-state index in [1.54, 1.807) is 0 Å². The molecule has 0 aliphatic rings. The van der Waals surface area contributed by atoms with Gasteiger partial charge < -0.3 is 4.74 Å². The highest BCUT2D eigenvalue weighted by Crippen LogP contribution is 2.14. The van der Waals surface area contributed by atoms with Gasteiger partial charge in [0.05, 0.1) is 0 Å². The van der Waals surface area contributed by atoms with Crippen LogP contribution in [0.15, 0.2) is 54.6 Å². The zero-order valence-corrected chi connectivity index (χ0v) is 12.0. The number of aryl methyl sites for hydroxylation is 1. The van der Waals surface area contributed by atoms with Crippen LogP contribution >= 0.6 is 22.6 Å². The lowest BCUT2D eigenvalue weighted by Crippen LogP contribution is -2.08. The fourth-order valence-electron chi connectivity index (χ4n) is 1.58. The van der Waals surface area contributed by atoms with Gasteiger partial charge in [-0.25, -0.2) is 0 Å². The molecule has 0 saturated heterocycles. The Hall–Kier alpha value is -1.36. The van der Waals surface area contributed by atoms with Gasteiger partial charge in [-0.05, 0) is 58.8 Å². The van der Waals surface area contributed by atoms with Crippen LogP contribution in [0.25, 0.3) is 0 Å². The Morgan fingerprint density at radius 3 is 2.33 bits per heavy atom. The van der Waals surface area contributed by atoms with E-state index in [1.807, 2.05) is 54.6 Å². The van der Waals surface area contributed by atoms with Crippen molar-refractivity contribution < 1.29 is 9.53 Å². The van der Waals surface area contributed by atoms with Gasteiger partial charge in [0.25, 0.3) is 0 Å². The molecule has 0 spiro atoms. The van der Waals surface area contributed by atoms with Crippen molar-refractivity contribution >= 4 is 28.6 Å². The molecule has 0 aliphatic heterocycles. The average molecular weight is 352 g/mol. The van der Waals surface area contributed by atoms with Gasteiger partial charge in [0.2, 0.25) is 0 Å². The van der Waals surface area contributed by atoms with Gasteiger partial charge in [-0.2, -0.15) is 0 Å². The lowest BCUT2D eigenvalue weighted by Gasteiger charge is -2.04. The topological polar surface area (TPSA) is 26.3 Å². The monoisotopic (exact) mass is 352 g/mol. The average Bonchev–Trinajstić information content (AvgIpc) is 2.40. The fourth-order valence-corrected chi connectivity index (χ4v) is 1.94. The highest BCUT2D eigenvalue weighted by molar-refractivity contribution is 14.1. The van der Waals surface area contributed by atoms with Crippen molar-refractivity contribution in [2.24, 2.45) is 0 Å². The van der Waals surface area contributed by atoms with E-state index < -0.39 is 0 Å². The first-order valence-corrected chi connectivity index (χ1v) is 6.82. The largest absolute Gasteiger partial charge is 0.427 e. The number of hydrogen-bond donors (Lipinski definition) is 0. The molecule has 0 bridgehead atoms. The third-order valence-corrected chi connectivity index (χ3v) is 3.23. The van der Waals surface area contributed by atoms with Crippen molar-refractivity contribution in [3.05, 3.63) is 63.7 Å². The molecule has 2 rings (SSSR count). The minimum atomic E-state index is -0.194. The number of rotatable bonds is 4. The molecule has 2 nitrogen and oxygen atoms in total. The van der Waals surface area contributed by atoms with Crippen LogP contribution < -0.4 is 4.74 Å². The molecule has 2 aromatic carbocycles. The Kier molecular flexibility index (Phi) is 4.75. The van der Waals surface area contributed by atoms with Crippen LogP contribution in [0.5, 0.6) is 5.75 Å².